The Morgan fingerprint density at radius 3 is 0.845 bits per heavy atom. The molecule has 0 amide bonds. The van der Waals surface area contributed by atoms with E-state index < -0.39 is 6.10 Å². The third-order valence-corrected chi connectivity index (χ3v) is 11.7. The number of carbonyl (C=O) groups is 3. The van der Waals surface area contributed by atoms with Crippen molar-refractivity contribution in [3.8, 4) is 0 Å². The van der Waals surface area contributed by atoms with Gasteiger partial charge in [-0.05, 0) is 31.1 Å². The predicted molar refractivity (Wildman–Crippen MR) is 247 cm³/mol. The minimum Gasteiger partial charge on any atom is -0.462 e. The van der Waals surface area contributed by atoms with Crippen molar-refractivity contribution in [2.45, 2.75) is 291 Å². The molecule has 0 rings (SSSR count). The second kappa shape index (κ2) is 44.9. The second-order valence-electron chi connectivity index (χ2n) is 18.8. The molecule has 0 aliphatic carbocycles. The molecule has 0 unspecified atom stereocenters. The first kappa shape index (κ1) is 56.4. The van der Waals surface area contributed by atoms with Crippen molar-refractivity contribution >= 4 is 17.9 Å². The third-order valence-electron chi connectivity index (χ3n) is 11.7. The van der Waals surface area contributed by atoms with Gasteiger partial charge >= 0.3 is 17.9 Å². The Morgan fingerprint density at radius 1 is 0.328 bits per heavy atom. The highest BCUT2D eigenvalue weighted by Crippen LogP contribution is 2.17. The van der Waals surface area contributed by atoms with Crippen molar-refractivity contribution in [2.75, 3.05) is 13.2 Å². The molecule has 0 aromatic carbocycles. The summed E-state index contributed by atoms with van der Waals surface area (Å²) in [6, 6.07) is 0. The number of esters is 3. The lowest BCUT2D eigenvalue weighted by molar-refractivity contribution is -0.167. The van der Waals surface area contributed by atoms with E-state index in [2.05, 4.69) is 34.6 Å². The first-order chi connectivity index (χ1) is 28.2. The zero-order chi connectivity index (χ0) is 42.6. The topological polar surface area (TPSA) is 78.9 Å². The fourth-order valence-corrected chi connectivity index (χ4v) is 7.81. The Bertz CT molecular complexity index is 885. The van der Waals surface area contributed by atoms with E-state index in [0.29, 0.717) is 19.3 Å². The number of hydrogen-bond acceptors (Lipinski definition) is 6. The van der Waals surface area contributed by atoms with Crippen molar-refractivity contribution in [3.05, 3.63) is 0 Å². The third kappa shape index (κ3) is 45.5. The van der Waals surface area contributed by atoms with Crippen LogP contribution in [0.15, 0.2) is 0 Å². The van der Waals surface area contributed by atoms with Crippen LogP contribution in [0.3, 0.4) is 0 Å². The van der Waals surface area contributed by atoms with Gasteiger partial charge < -0.3 is 14.2 Å². The molecule has 0 bridgehead atoms. The largest absolute Gasteiger partial charge is 0.462 e. The van der Waals surface area contributed by atoms with E-state index in [1.807, 2.05) is 0 Å². The molecule has 0 radical (unpaired) electrons. The van der Waals surface area contributed by atoms with Crippen molar-refractivity contribution < 1.29 is 28.6 Å². The summed E-state index contributed by atoms with van der Waals surface area (Å²) in [6.07, 6.45) is 45.6. The van der Waals surface area contributed by atoms with Gasteiger partial charge in [0.15, 0.2) is 6.10 Å². The lowest BCUT2D eigenvalue weighted by atomic mass is 10.0. The van der Waals surface area contributed by atoms with Crippen LogP contribution in [-0.4, -0.2) is 37.2 Å². The monoisotopic (exact) mass is 821 g/mol. The number of rotatable bonds is 46. The Balaban J connectivity index is 4.08. The lowest BCUT2D eigenvalue weighted by Crippen LogP contribution is -2.30. The Morgan fingerprint density at radius 2 is 0.569 bits per heavy atom. The Kier molecular flexibility index (Phi) is 43.7. The summed E-state index contributed by atoms with van der Waals surface area (Å²) in [4.78, 5) is 37.6. The van der Waals surface area contributed by atoms with E-state index in [1.54, 1.807) is 0 Å². The molecule has 6 nitrogen and oxygen atoms in total. The number of ether oxygens (including phenoxy) is 3. The Labute approximate surface area is 361 Å². The zero-order valence-electron chi connectivity index (χ0n) is 39.7. The highest BCUT2D eigenvalue weighted by atomic mass is 16.6. The maximum absolute atomic E-state index is 12.7. The van der Waals surface area contributed by atoms with Gasteiger partial charge in [-0.3, -0.25) is 14.4 Å². The summed E-state index contributed by atoms with van der Waals surface area (Å²) in [5.74, 6) is 0.822. The SMILES string of the molecule is CCCCCCCC(=O)OC[C@H](COC(=O)CCCCCCCCCCCCCC(C)C)OC(=O)CCCCCCCCCCCCCCCCCCCCC(C)C. The first-order valence-corrected chi connectivity index (χ1v) is 25.7. The van der Waals surface area contributed by atoms with Crippen molar-refractivity contribution in [1.82, 2.24) is 0 Å². The van der Waals surface area contributed by atoms with Crippen LogP contribution in [0.1, 0.15) is 285 Å². The van der Waals surface area contributed by atoms with Gasteiger partial charge in [0, 0.05) is 19.3 Å². The van der Waals surface area contributed by atoms with Crippen LogP contribution in [0.2, 0.25) is 0 Å². The van der Waals surface area contributed by atoms with Crippen LogP contribution >= 0.6 is 0 Å². The molecular weight excluding hydrogens is 721 g/mol. The van der Waals surface area contributed by atoms with Crippen LogP contribution in [0.25, 0.3) is 0 Å². The number of unbranched alkanes of at least 4 members (excludes halogenated alkanes) is 31. The van der Waals surface area contributed by atoms with E-state index in [4.69, 9.17) is 14.2 Å². The molecule has 344 valence electrons. The van der Waals surface area contributed by atoms with Gasteiger partial charge in [0.25, 0.3) is 0 Å². The quantitative estimate of drug-likeness (QED) is 0.0346. The van der Waals surface area contributed by atoms with Crippen LogP contribution in [0.4, 0.5) is 0 Å². The van der Waals surface area contributed by atoms with Gasteiger partial charge in [0.05, 0.1) is 0 Å². The van der Waals surface area contributed by atoms with E-state index in [1.165, 1.54) is 167 Å². The maximum Gasteiger partial charge on any atom is 0.306 e. The van der Waals surface area contributed by atoms with Gasteiger partial charge in [-0.15, -0.1) is 0 Å². The van der Waals surface area contributed by atoms with E-state index in [0.717, 1.165) is 76.0 Å². The summed E-state index contributed by atoms with van der Waals surface area (Å²) < 4.78 is 16.7. The van der Waals surface area contributed by atoms with E-state index >= 15 is 0 Å². The number of carbonyl (C=O) groups excluding carboxylic acids is 3. The molecule has 0 N–H and O–H groups in total. The van der Waals surface area contributed by atoms with E-state index in [-0.39, 0.29) is 31.1 Å². The van der Waals surface area contributed by atoms with Gasteiger partial charge in [0.1, 0.15) is 13.2 Å². The maximum atomic E-state index is 12.7. The smallest absolute Gasteiger partial charge is 0.306 e. The van der Waals surface area contributed by atoms with Gasteiger partial charge in [-0.25, -0.2) is 0 Å². The molecule has 0 aliphatic heterocycles. The number of hydrogen-bond donors (Lipinski definition) is 0. The zero-order valence-corrected chi connectivity index (χ0v) is 39.7. The molecule has 0 aromatic rings. The first-order valence-electron chi connectivity index (χ1n) is 25.7. The lowest BCUT2D eigenvalue weighted by Gasteiger charge is -2.18. The summed E-state index contributed by atoms with van der Waals surface area (Å²) in [5, 5.41) is 0. The molecule has 0 fully saturated rings. The molecule has 58 heavy (non-hydrogen) atoms. The molecule has 0 heterocycles. The minimum atomic E-state index is -0.759. The fraction of sp³-hybridized carbons (Fsp3) is 0.942. The summed E-state index contributed by atoms with van der Waals surface area (Å²) in [6.45, 7) is 11.3. The second-order valence-corrected chi connectivity index (χ2v) is 18.8. The highest BCUT2D eigenvalue weighted by molar-refractivity contribution is 5.71. The van der Waals surface area contributed by atoms with Crippen LogP contribution < -0.4 is 0 Å². The van der Waals surface area contributed by atoms with Crippen LogP contribution in [-0.2, 0) is 28.6 Å². The van der Waals surface area contributed by atoms with Gasteiger partial charge in [0.2, 0.25) is 0 Å². The Hall–Kier alpha value is -1.59. The molecule has 0 saturated carbocycles. The molecule has 6 heteroatoms. The standard InChI is InChI=1S/C52H100O6/c1-6-7-8-30-37-42-50(53)56-45-49(46-57-51(54)43-38-33-28-24-21-17-19-23-27-32-36-41-48(4)5)58-52(55)44-39-34-29-25-20-16-14-12-10-9-11-13-15-18-22-26-31-35-40-47(2)3/h47-49H,6-46H2,1-5H3/t49-/m1/s1. The van der Waals surface area contributed by atoms with E-state index in [9.17, 15) is 14.4 Å². The molecular formula is C52H100O6. The molecule has 0 aliphatic rings. The fourth-order valence-electron chi connectivity index (χ4n) is 7.81. The highest BCUT2D eigenvalue weighted by Gasteiger charge is 2.19. The van der Waals surface area contributed by atoms with Crippen molar-refractivity contribution in [2.24, 2.45) is 11.8 Å². The average Bonchev–Trinajstić information content (AvgIpc) is 3.19. The molecule has 0 spiro atoms. The summed E-state index contributed by atoms with van der Waals surface area (Å²) >= 11 is 0. The van der Waals surface area contributed by atoms with Crippen LogP contribution in [0, 0.1) is 11.8 Å². The average molecular weight is 821 g/mol. The minimum absolute atomic E-state index is 0.0649. The molecule has 0 saturated heterocycles. The normalized spacial score (nSPS) is 12.1. The predicted octanol–water partition coefficient (Wildman–Crippen LogP) is 16.5. The van der Waals surface area contributed by atoms with Crippen LogP contribution in [0.5, 0.6) is 0 Å². The molecule has 0 aromatic heterocycles. The van der Waals surface area contributed by atoms with Crippen molar-refractivity contribution in [3.63, 3.8) is 0 Å². The summed E-state index contributed by atoms with van der Waals surface area (Å²) in [7, 11) is 0. The van der Waals surface area contributed by atoms with Crippen molar-refractivity contribution in [1.29, 1.82) is 0 Å². The van der Waals surface area contributed by atoms with Gasteiger partial charge in [-0.2, -0.15) is 0 Å². The summed E-state index contributed by atoms with van der Waals surface area (Å²) in [5.41, 5.74) is 0. The molecule has 1 atom stereocenters. The van der Waals surface area contributed by atoms with Gasteiger partial charge in [-0.1, -0.05) is 247 Å².